The Labute approximate surface area is 116 Å². The second-order valence-electron chi connectivity index (χ2n) is 4.71. The molecule has 20 heavy (non-hydrogen) atoms. The van der Waals surface area contributed by atoms with Gasteiger partial charge < -0.3 is 19.9 Å². The van der Waals surface area contributed by atoms with Gasteiger partial charge in [0.2, 0.25) is 0 Å². The molecule has 2 N–H and O–H groups in total. The fourth-order valence-electron chi connectivity index (χ4n) is 2.19. The summed E-state index contributed by atoms with van der Waals surface area (Å²) in [5, 5.41) is 8.13. The molecule has 0 saturated carbocycles. The summed E-state index contributed by atoms with van der Waals surface area (Å²) < 4.78 is 6.74. The average molecular weight is 281 g/mol. The molecule has 0 saturated heterocycles. The number of rotatable bonds is 5. The van der Waals surface area contributed by atoms with Gasteiger partial charge in [-0.05, 0) is 13.3 Å². The van der Waals surface area contributed by atoms with E-state index in [4.69, 9.17) is 10.5 Å². The minimum atomic E-state index is -1.29. The van der Waals surface area contributed by atoms with Gasteiger partial charge in [-0.15, -0.1) is 10.2 Å². The van der Waals surface area contributed by atoms with Crippen molar-refractivity contribution in [2.24, 2.45) is 5.73 Å². The molecule has 0 aromatic carbocycles. The van der Waals surface area contributed by atoms with Gasteiger partial charge in [-0.3, -0.25) is 4.79 Å². The molecule has 1 atom stereocenters. The number of carbonyl (C=O) groups is 2. The van der Waals surface area contributed by atoms with Gasteiger partial charge in [0.15, 0.2) is 11.9 Å². The molecule has 110 valence electrons. The van der Waals surface area contributed by atoms with E-state index in [0.29, 0.717) is 5.82 Å². The van der Waals surface area contributed by atoms with Gasteiger partial charge in [-0.2, -0.15) is 0 Å². The van der Waals surface area contributed by atoms with Crippen LogP contribution in [0.15, 0.2) is 0 Å². The number of ether oxygens (including phenoxy) is 1. The molecule has 8 nitrogen and oxygen atoms in total. The Kier molecular flexibility index (Phi) is 4.33. The maximum atomic E-state index is 12.0. The normalized spacial score (nSPS) is 14.8. The van der Waals surface area contributed by atoms with Crippen LogP contribution in [0.4, 0.5) is 0 Å². The van der Waals surface area contributed by atoms with E-state index >= 15 is 0 Å². The first kappa shape index (κ1) is 14.4. The topological polar surface area (TPSA) is 103 Å². The van der Waals surface area contributed by atoms with Crippen LogP contribution in [0.25, 0.3) is 0 Å². The van der Waals surface area contributed by atoms with E-state index in [1.807, 2.05) is 4.57 Å². The van der Waals surface area contributed by atoms with Crippen molar-refractivity contribution < 1.29 is 14.3 Å². The Morgan fingerprint density at radius 2 is 2.25 bits per heavy atom. The van der Waals surface area contributed by atoms with Crippen molar-refractivity contribution in [1.29, 1.82) is 0 Å². The number of nitrogens with zero attached hydrogens (tertiary/aromatic N) is 4. The van der Waals surface area contributed by atoms with Gasteiger partial charge in [0.25, 0.3) is 5.91 Å². The number of aryl methyl sites for hydroxylation is 1. The zero-order valence-electron chi connectivity index (χ0n) is 11.7. The van der Waals surface area contributed by atoms with Crippen molar-refractivity contribution in [3.05, 3.63) is 11.6 Å². The lowest BCUT2D eigenvalue weighted by Gasteiger charge is -2.20. The van der Waals surface area contributed by atoms with Crippen LogP contribution in [0.2, 0.25) is 0 Å². The second-order valence-corrected chi connectivity index (χ2v) is 4.71. The quantitative estimate of drug-likeness (QED) is 0.552. The van der Waals surface area contributed by atoms with Gasteiger partial charge in [-0.25, -0.2) is 4.79 Å². The summed E-state index contributed by atoms with van der Waals surface area (Å²) >= 11 is 0. The Morgan fingerprint density at radius 1 is 1.50 bits per heavy atom. The average Bonchev–Trinajstić information content (AvgIpc) is 3.02. The third-order valence-corrected chi connectivity index (χ3v) is 3.25. The van der Waals surface area contributed by atoms with E-state index in [1.54, 1.807) is 14.0 Å². The first-order valence-electron chi connectivity index (χ1n) is 6.62. The van der Waals surface area contributed by atoms with Gasteiger partial charge in [0, 0.05) is 20.0 Å². The maximum Gasteiger partial charge on any atom is 0.332 e. The summed E-state index contributed by atoms with van der Waals surface area (Å²) in [5.74, 6) is 0.453. The minimum absolute atomic E-state index is 0.196. The van der Waals surface area contributed by atoms with Crippen molar-refractivity contribution in [1.82, 2.24) is 19.7 Å². The van der Waals surface area contributed by atoms with Crippen LogP contribution in [0.1, 0.15) is 25.0 Å². The van der Waals surface area contributed by atoms with Crippen LogP contribution in [0.3, 0.4) is 0 Å². The molecular weight excluding hydrogens is 262 g/mol. The molecule has 2 heterocycles. The van der Waals surface area contributed by atoms with E-state index in [0.717, 1.165) is 25.2 Å². The fourth-order valence-corrected chi connectivity index (χ4v) is 2.19. The van der Waals surface area contributed by atoms with E-state index in [-0.39, 0.29) is 13.2 Å². The number of carbonyl (C=O) groups excluding carboxylic acids is 2. The lowest BCUT2D eigenvalue weighted by atomic mass is 10.2. The number of hydrogen-bond acceptors (Lipinski definition) is 6. The Balaban J connectivity index is 1.98. The number of hydrogen-bond donors (Lipinski definition) is 1. The number of aromatic nitrogens is 3. The number of amides is 1. The predicted octanol–water partition coefficient (Wildman–Crippen LogP) is -0.927. The van der Waals surface area contributed by atoms with E-state index < -0.39 is 17.9 Å². The van der Waals surface area contributed by atoms with Gasteiger partial charge in [-0.1, -0.05) is 0 Å². The second kappa shape index (κ2) is 6.00. The van der Waals surface area contributed by atoms with Crippen LogP contribution < -0.4 is 5.73 Å². The van der Waals surface area contributed by atoms with Crippen LogP contribution in [0, 0.1) is 0 Å². The highest BCUT2D eigenvalue weighted by molar-refractivity contribution is 6.01. The van der Waals surface area contributed by atoms with Crippen molar-refractivity contribution in [3.63, 3.8) is 0 Å². The number of nitrogens with two attached hydrogens (primary N) is 1. The van der Waals surface area contributed by atoms with Gasteiger partial charge in [0.05, 0.1) is 13.2 Å². The monoisotopic (exact) mass is 281 g/mol. The minimum Gasteiger partial charge on any atom is -0.464 e. The third-order valence-electron chi connectivity index (χ3n) is 3.25. The molecule has 0 fully saturated rings. The van der Waals surface area contributed by atoms with Crippen LogP contribution in [-0.4, -0.2) is 51.2 Å². The molecule has 1 aliphatic heterocycles. The highest BCUT2D eigenvalue weighted by atomic mass is 16.5. The zero-order valence-corrected chi connectivity index (χ0v) is 11.7. The number of likely N-dealkylation sites (N-methyl/N-ethyl adjacent to an activating group) is 1. The van der Waals surface area contributed by atoms with Crippen molar-refractivity contribution in [3.8, 4) is 0 Å². The standard InChI is InChI=1S/C12H19N5O3/c1-3-20-12(19)10(13)11(18)16(2)7-9-15-14-8-5-4-6-17(8)9/h10H,3-7,13H2,1-2H3. The Hall–Kier alpha value is -1.96. The first-order chi connectivity index (χ1) is 9.54. The lowest BCUT2D eigenvalue weighted by Crippen LogP contribution is -2.47. The van der Waals surface area contributed by atoms with Gasteiger partial charge in [0.1, 0.15) is 5.82 Å². The molecule has 1 aliphatic rings. The molecule has 0 radical (unpaired) electrons. The summed E-state index contributed by atoms with van der Waals surface area (Å²) in [6.45, 7) is 3.00. The molecule has 1 unspecified atom stereocenters. The maximum absolute atomic E-state index is 12.0. The lowest BCUT2D eigenvalue weighted by molar-refractivity contribution is -0.150. The summed E-state index contributed by atoms with van der Waals surface area (Å²) in [7, 11) is 1.58. The van der Waals surface area contributed by atoms with Crippen molar-refractivity contribution >= 4 is 11.9 Å². The summed E-state index contributed by atoms with van der Waals surface area (Å²) in [4.78, 5) is 24.9. The Bertz CT molecular complexity index is 513. The van der Waals surface area contributed by atoms with Crippen molar-refractivity contribution in [2.45, 2.75) is 38.9 Å². The molecule has 0 aliphatic carbocycles. The molecule has 1 aromatic heterocycles. The summed E-state index contributed by atoms with van der Waals surface area (Å²) in [5.41, 5.74) is 5.58. The molecule has 8 heteroatoms. The fraction of sp³-hybridized carbons (Fsp3) is 0.667. The third kappa shape index (κ3) is 2.79. The van der Waals surface area contributed by atoms with E-state index in [2.05, 4.69) is 10.2 Å². The Morgan fingerprint density at radius 3 is 2.95 bits per heavy atom. The first-order valence-corrected chi connectivity index (χ1v) is 6.62. The molecule has 1 aromatic rings. The SMILES string of the molecule is CCOC(=O)C(N)C(=O)N(C)Cc1nnc2n1CCC2. The highest BCUT2D eigenvalue weighted by Gasteiger charge is 2.28. The zero-order chi connectivity index (χ0) is 14.7. The molecule has 0 bridgehead atoms. The predicted molar refractivity (Wildman–Crippen MR) is 69.4 cm³/mol. The summed E-state index contributed by atoms with van der Waals surface area (Å²) in [6.07, 6.45) is 1.95. The van der Waals surface area contributed by atoms with Gasteiger partial charge >= 0.3 is 5.97 Å². The largest absolute Gasteiger partial charge is 0.464 e. The van der Waals surface area contributed by atoms with E-state index in [1.165, 1.54) is 4.90 Å². The highest BCUT2D eigenvalue weighted by Crippen LogP contribution is 2.15. The molecule has 2 rings (SSSR count). The number of esters is 1. The summed E-state index contributed by atoms with van der Waals surface area (Å²) in [6, 6.07) is -1.29. The van der Waals surface area contributed by atoms with Crippen LogP contribution >= 0.6 is 0 Å². The molecule has 1 amide bonds. The van der Waals surface area contributed by atoms with Crippen LogP contribution in [0.5, 0.6) is 0 Å². The smallest absolute Gasteiger partial charge is 0.332 e. The van der Waals surface area contributed by atoms with Crippen molar-refractivity contribution in [2.75, 3.05) is 13.7 Å². The van der Waals surface area contributed by atoms with Crippen LogP contribution in [-0.2, 0) is 33.8 Å². The molecule has 0 spiro atoms. The van der Waals surface area contributed by atoms with E-state index in [9.17, 15) is 9.59 Å². The molecular formula is C12H19N5O3. The number of fused-ring (bicyclic) bond motifs is 1.